The molecule has 0 aliphatic carbocycles. The predicted molar refractivity (Wildman–Crippen MR) is 81.7 cm³/mol. The fourth-order valence-corrected chi connectivity index (χ4v) is 2.26. The van der Waals surface area contributed by atoms with Crippen molar-refractivity contribution in [1.29, 1.82) is 0 Å². The molecule has 0 saturated heterocycles. The predicted octanol–water partition coefficient (Wildman–Crippen LogP) is 4.04. The van der Waals surface area contributed by atoms with Gasteiger partial charge in [-0.2, -0.15) is 0 Å². The Hall–Kier alpha value is -1.42. The zero-order chi connectivity index (χ0) is 14.5. The first-order chi connectivity index (χ1) is 9.63. The molecular weight excluding hydrogens is 297 g/mol. The quantitative estimate of drug-likeness (QED) is 0.906. The molecule has 0 heterocycles. The minimum absolute atomic E-state index is 0.391. The van der Waals surface area contributed by atoms with Gasteiger partial charge >= 0.3 is 0 Å². The van der Waals surface area contributed by atoms with Gasteiger partial charge in [-0.1, -0.05) is 35.3 Å². The molecule has 2 rings (SSSR count). The van der Waals surface area contributed by atoms with Gasteiger partial charge in [0.1, 0.15) is 18.1 Å². The van der Waals surface area contributed by atoms with Crippen molar-refractivity contribution < 1.29 is 9.47 Å². The molecule has 2 aromatic carbocycles. The van der Waals surface area contributed by atoms with Gasteiger partial charge in [-0.05, 0) is 29.8 Å². The molecule has 0 saturated carbocycles. The number of hydrogen-bond donors (Lipinski definition) is 1. The van der Waals surface area contributed by atoms with Crippen molar-refractivity contribution in [3.8, 4) is 11.5 Å². The molecular formula is C15H15Cl2NO2. The summed E-state index contributed by atoms with van der Waals surface area (Å²) in [6.07, 6.45) is 0. The minimum Gasteiger partial charge on any atom is -0.496 e. The van der Waals surface area contributed by atoms with Gasteiger partial charge in [-0.25, -0.2) is 0 Å². The first-order valence-electron chi connectivity index (χ1n) is 6.07. The molecule has 0 atom stereocenters. The average Bonchev–Trinajstić information content (AvgIpc) is 2.46. The standard InChI is InChI=1S/C15H15Cl2NO2/c1-19-15-6-10(2-3-11(15)8-18)9-20-14-5-4-12(16)7-13(14)17/h2-7H,8-9,18H2,1H3. The van der Waals surface area contributed by atoms with Crippen molar-refractivity contribution >= 4 is 23.2 Å². The third-order valence-electron chi connectivity index (χ3n) is 2.86. The van der Waals surface area contributed by atoms with E-state index in [2.05, 4.69) is 0 Å². The zero-order valence-electron chi connectivity index (χ0n) is 11.0. The van der Waals surface area contributed by atoms with Gasteiger partial charge in [0.15, 0.2) is 0 Å². The normalized spacial score (nSPS) is 10.4. The molecule has 20 heavy (non-hydrogen) atoms. The van der Waals surface area contributed by atoms with E-state index in [9.17, 15) is 0 Å². The topological polar surface area (TPSA) is 44.5 Å². The number of ether oxygens (including phenoxy) is 2. The summed E-state index contributed by atoms with van der Waals surface area (Å²) in [4.78, 5) is 0. The number of rotatable bonds is 5. The number of hydrogen-bond acceptors (Lipinski definition) is 3. The second-order valence-electron chi connectivity index (χ2n) is 4.21. The van der Waals surface area contributed by atoms with Gasteiger partial charge in [-0.15, -0.1) is 0 Å². The van der Waals surface area contributed by atoms with E-state index in [0.717, 1.165) is 16.9 Å². The number of nitrogens with two attached hydrogens (primary N) is 1. The van der Waals surface area contributed by atoms with Crippen LogP contribution < -0.4 is 15.2 Å². The molecule has 0 bridgehead atoms. The minimum atomic E-state index is 0.391. The summed E-state index contributed by atoms with van der Waals surface area (Å²) in [7, 11) is 1.62. The Morgan fingerprint density at radius 1 is 1.05 bits per heavy atom. The van der Waals surface area contributed by atoms with Gasteiger partial charge in [0.25, 0.3) is 0 Å². The SMILES string of the molecule is COc1cc(COc2ccc(Cl)cc2Cl)ccc1CN. The van der Waals surface area contributed by atoms with Crippen LogP contribution in [0, 0.1) is 0 Å². The molecule has 0 amide bonds. The molecule has 0 unspecified atom stereocenters. The second-order valence-corrected chi connectivity index (χ2v) is 5.06. The second kappa shape index (κ2) is 6.84. The maximum Gasteiger partial charge on any atom is 0.138 e. The first kappa shape index (κ1) is 15.0. The lowest BCUT2D eigenvalue weighted by Gasteiger charge is -2.11. The van der Waals surface area contributed by atoms with Gasteiger partial charge in [0, 0.05) is 17.1 Å². The maximum absolute atomic E-state index is 6.05. The van der Waals surface area contributed by atoms with Crippen molar-refractivity contribution in [2.75, 3.05) is 7.11 Å². The van der Waals surface area contributed by atoms with Crippen LogP contribution >= 0.6 is 23.2 Å². The summed E-state index contributed by atoms with van der Waals surface area (Å²) in [6.45, 7) is 0.829. The zero-order valence-corrected chi connectivity index (χ0v) is 12.5. The molecule has 2 aromatic rings. The van der Waals surface area contributed by atoms with E-state index in [1.165, 1.54) is 0 Å². The lowest BCUT2D eigenvalue weighted by Crippen LogP contribution is -2.02. The number of halogens is 2. The Balaban J connectivity index is 2.10. The fourth-order valence-electron chi connectivity index (χ4n) is 1.80. The molecule has 0 spiro atoms. The highest BCUT2D eigenvalue weighted by Crippen LogP contribution is 2.28. The summed E-state index contributed by atoms with van der Waals surface area (Å²) in [5, 5.41) is 1.07. The Morgan fingerprint density at radius 3 is 2.50 bits per heavy atom. The third-order valence-corrected chi connectivity index (χ3v) is 3.39. The Morgan fingerprint density at radius 2 is 1.85 bits per heavy atom. The third kappa shape index (κ3) is 3.57. The number of benzene rings is 2. The fraction of sp³-hybridized carbons (Fsp3) is 0.200. The Kier molecular flexibility index (Phi) is 5.12. The van der Waals surface area contributed by atoms with Crippen molar-refractivity contribution in [3.05, 3.63) is 57.6 Å². The molecule has 5 heteroatoms. The Labute approximate surface area is 128 Å². The van der Waals surface area contributed by atoms with E-state index < -0.39 is 0 Å². The molecule has 106 valence electrons. The van der Waals surface area contributed by atoms with Gasteiger partial charge in [-0.3, -0.25) is 0 Å². The molecule has 0 aliphatic rings. The smallest absolute Gasteiger partial charge is 0.138 e. The summed E-state index contributed by atoms with van der Waals surface area (Å²) in [5.74, 6) is 1.36. The van der Waals surface area contributed by atoms with Crippen molar-refractivity contribution in [3.63, 3.8) is 0 Å². The van der Waals surface area contributed by atoms with Crippen LogP contribution in [0.5, 0.6) is 11.5 Å². The van der Waals surface area contributed by atoms with Crippen LogP contribution in [0.1, 0.15) is 11.1 Å². The lowest BCUT2D eigenvalue weighted by atomic mass is 10.1. The van der Waals surface area contributed by atoms with E-state index >= 15 is 0 Å². The van der Waals surface area contributed by atoms with Crippen LogP contribution in [-0.2, 0) is 13.2 Å². The maximum atomic E-state index is 6.05. The largest absolute Gasteiger partial charge is 0.496 e. The highest BCUT2D eigenvalue weighted by Gasteiger charge is 2.06. The van der Waals surface area contributed by atoms with Crippen LogP contribution in [0.2, 0.25) is 10.0 Å². The molecule has 0 radical (unpaired) electrons. The average molecular weight is 312 g/mol. The van der Waals surface area contributed by atoms with Gasteiger partial charge in [0.2, 0.25) is 0 Å². The molecule has 0 fully saturated rings. The van der Waals surface area contributed by atoms with Crippen LogP contribution in [-0.4, -0.2) is 7.11 Å². The molecule has 2 N–H and O–H groups in total. The lowest BCUT2D eigenvalue weighted by molar-refractivity contribution is 0.305. The van der Waals surface area contributed by atoms with Crippen LogP contribution in [0.15, 0.2) is 36.4 Å². The van der Waals surface area contributed by atoms with E-state index in [1.807, 2.05) is 18.2 Å². The molecule has 0 aliphatic heterocycles. The molecule has 0 aromatic heterocycles. The van der Waals surface area contributed by atoms with Crippen molar-refractivity contribution in [2.45, 2.75) is 13.2 Å². The first-order valence-corrected chi connectivity index (χ1v) is 6.83. The summed E-state index contributed by atoms with van der Waals surface area (Å²) in [6, 6.07) is 10.9. The highest BCUT2D eigenvalue weighted by molar-refractivity contribution is 6.35. The number of methoxy groups -OCH3 is 1. The van der Waals surface area contributed by atoms with Crippen LogP contribution in [0.3, 0.4) is 0 Å². The van der Waals surface area contributed by atoms with Crippen LogP contribution in [0.4, 0.5) is 0 Å². The summed E-state index contributed by atoms with van der Waals surface area (Å²) >= 11 is 11.9. The Bertz CT molecular complexity index is 602. The van der Waals surface area contributed by atoms with E-state index in [1.54, 1.807) is 25.3 Å². The summed E-state index contributed by atoms with van der Waals surface area (Å²) in [5.41, 5.74) is 7.57. The van der Waals surface area contributed by atoms with E-state index in [0.29, 0.717) is 28.9 Å². The highest BCUT2D eigenvalue weighted by atomic mass is 35.5. The van der Waals surface area contributed by atoms with E-state index in [-0.39, 0.29) is 0 Å². The summed E-state index contributed by atoms with van der Waals surface area (Å²) < 4.78 is 11.0. The molecule has 3 nitrogen and oxygen atoms in total. The van der Waals surface area contributed by atoms with Crippen LogP contribution in [0.25, 0.3) is 0 Å². The van der Waals surface area contributed by atoms with Crippen molar-refractivity contribution in [1.82, 2.24) is 0 Å². The van der Waals surface area contributed by atoms with E-state index in [4.69, 9.17) is 38.4 Å². The van der Waals surface area contributed by atoms with Crippen molar-refractivity contribution in [2.24, 2.45) is 5.73 Å². The van der Waals surface area contributed by atoms with Gasteiger partial charge in [0.05, 0.1) is 12.1 Å². The van der Waals surface area contributed by atoms with Gasteiger partial charge < -0.3 is 15.2 Å². The monoisotopic (exact) mass is 311 g/mol.